The maximum Gasteiger partial charge on any atom is 0.321 e. The van der Waals surface area contributed by atoms with Gasteiger partial charge >= 0.3 is 6.03 Å². The normalized spacial score (nSPS) is 12.1. The number of aliphatic hydroxyl groups excluding tert-OH is 1. The average molecular weight is 332 g/mol. The summed E-state index contributed by atoms with van der Waals surface area (Å²) < 4.78 is 2.09. The molecule has 1 atom stereocenters. The second-order valence-electron chi connectivity index (χ2n) is 4.48. The molecule has 1 aromatic heterocycles. The molecule has 1 heterocycles. The van der Waals surface area contributed by atoms with Crippen molar-refractivity contribution in [2.45, 2.75) is 19.4 Å². The lowest BCUT2D eigenvalue weighted by atomic mass is 10.3. The van der Waals surface area contributed by atoms with E-state index in [1.54, 1.807) is 33.3 Å². The van der Waals surface area contributed by atoms with Gasteiger partial charge in [-0.2, -0.15) is 0 Å². The third kappa shape index (κ3) is 4.68. The predicted molar refractivity (Wildman–Crippen MR) is 77.3 cm³/mol. The topological polar surface area (TPSA) is 74.6 Å². The highest BCUT2D eigenvalue weighted by Gasteiger charge is 2.12. The van der Waals surface area contributed by atoms with Crippen LogP contribution in [0, 0.1) is 0 Å². The molecule has 0 bridgehead atoms. The molecule has 0 aliphatic heterocycles. The zero-order valence-electron chi connectivity index (χ0n) is 11.2. The summed E-state index contributed by atoms with van der Waals surface area (Å²) in [4.78, 5) is 25.1. The first-order valence-electron chi connectivity index (χ1n) is 5.87. The van der Waals surface area contributed by atoms with Crippen molar-refractivity contribution in [3.8, 4) is 0 Å². The van der Waals surface area contributed by atoms with E-state index in [2.05, 4.69) is 21.2 Å². The van der Waals surface area contributed by atoms with Crippen LogP contribution in [0.2, 0.25) is 0 Å². The van der Waals surface area contributed by atoms with Crippen LogP contribution in [0.25, 0.3) is 0 Å². The van der Waals surface area contributed by atoms with Gasteiger partial charge in [0.05, 0.1) is 6.10 Å². The van der Waals surface area contributed by atoms with Crippen LogP contribution in [0.5, 0.6) is 0 Å². The molecule has 0 fully saturated rings. The number of aromatic nitrogens is 1. The number of hydrogen-bond acceptors (Lipinski definition) is 3. The van der Waals surface area contributed by atoms with E-state index in [1.807, 2.05) is 0 Å². The summed E-state index contributed by atoms with van der Waals surface area (Å²) >= 11 is 3.27. The van der Waals surface area contributed by atoms with Crippen molar-refractivity contribution in [3.63, 3.8) is 0 Å². The van der Waals surface area contributed by atoms with Gasteiger partial charge in [0.15, 0.2) is 0 Å². The zero-order valence-corrected chi connectivity index (χ0v) is 12.8. The number of carbonyl (C=O) groups is 1. The lowest BCUT2D eigenvalue weighted by Crippen LogP contribution is -2.35. The quantitative estimate of drug-likeness (QED) is 0.875. The summed E-state index contributed by atoms with van der Waals surface area (Å²) in [6, 6.07) is 1.18. The number of pyridine rings is 1. The van der Waals surface area contributed by atoms with Crippen molar-refractivity contribution in [1.29, 1.82) is 0 Å². The first-order chi connectivity index (χ1) is 8.81. The summed E-state index contributed by atoms with van der Waals surface area (Å²) in [6.07, 6.45) is 1.64. The maximum absolute atomic E-state index is 11.9. The number of anilines is 1. The van der Waals surface area contributed by atoms with Crippen LogP contribution >= 0.6 is 15.9 Å². The lowest BCUT2D eigenvalue weighted by Gasteiger charge is -2.18. The number of urea groups is 1. The van der Waals surface area contributed by atoms with E-state index in [9.17, 15) is 14.7 Å². The minimum absolute atomic E-state index is 0.214. The molecule has 6 nitrogen and oxygen atoms in total. The van der Waals surface area contributed by atoms with Crippen LogP contribution in [0.3, 0.4) is 0 Å². The number of rotatable bonds is 4. The molecule has 2 N–H and O–H groups in total. The summed E-state index contributed by atoms with van der Waals surface area (Å²) in [5, 5.41) is 11.7. The van der Waals surface area contributed by atoms with Crippen LogP contribution < -0.4 is 10.9 Å². The first-order valence-corrected chi connectivity index (χ1v) is 6.67. The highest BCUT2D eigenvalue weighted by molar-refractivity contribution is 9.10. The summed E-state index contributed by atoms with van der Waals surface area (Å²) in [5.74, 6) is 0. The Morgan fingerprint density at radius 2 is 2.26 bits per heavy atom. The maximum atomic E-state index is 11.9. The lowest BCUT2D eigenvalue weighted by molar-refractivity contribution is 0.167. The van der Waals surface area contributed by atoms with Crippen LogP contribution in [0.1, 0.15) is 13.3 Å². The minimum Gasteiger partial charge on any atom is -0.393 e. The molecular weight excluding hydrogens is 314 g/mol. The Balaban J connectivity index is 2.74. The van der Waals surface area contributed by atoms with Crippen molar-refractivity contribution in [2.75, 3.05) is 18.9 Å². The van der Waals surface area contributed by atoms with Gasteiger partial charge in [-0.3, -0.25) is 4.79 Å². The monoisotopic (exact) mass is 331 g/mol. The Bertz CT molecular complexity index is 513. The molecule has 0 saturated heterocycles. The summed E-state index contributed by atoms with van der Waals surface area (Å²) in [7, 11) is 3.22. The Morgan fingerprint density at radius 1 is 1.63 bits per heavy atom. The Labute approximate surface area is 120 Å². The third-order valence-electron chi connectivity index (χ3n) is 2.62. The number of nitrogens with one attached hydrogen (secondary N) is 1. The average Bonchev–Trinajstić information content (AvgIpc) is 2.32. The van der Waals surface area contributed by atoms with Crippen LogP contribution in [-0.4, -0.2) is 40.3 Å². The molecule has 0 aliphatic carbocycles. The molecule has 19 heavy (non-hydrogen) atoms. The van der Waals surface area contributed by atoms with Crippen molar-refractivity contribution < 1.29 is 9.90 Å². The molecule has 1 unspecified atom stereocenters. The zero-order chi connectivity index (χ0) is 14.6. The molecule has 0 aromatic carbocycles. The summed E-state index contributed by atoms with van der Waals surface area (Å²) in [5.41, 5.74) is -0.0637. The summed E-state index contributed by atoms with van der Waals surface area (Å²) in [6.45, 7) is 2.08. The largest absolute Gasteiger partial charge is 0.393 e. The Hall–Kier alpha value is -1.34. The van der Waals surface area contributed by atoms with E-state index >= 15 is 0 Å². The number of aryl methyl sites for hydroxylation is 1. The van der Waals surface area contributed by atoms with Gasteiger partial charge in [0.2, 0.25) is 0 Å². The smallest absolute Gasteiger partial charge is 0.321 e. The number of nitrogens with zero attached hydrogens (tertiary/aromatic N) is 2. The molecule has 1 rings (SSSR count). The highest BCUT2D eigenvalue weighted by atomic mass is 79.9. The van der Waals surface area contributed by atoms with Gasteiger partial charge in [-0.05, 0) is 35.3 Å². The van der Waals surface area contributed by atoms with E-state index in [4.69, 9.17) is 0 Å². The van der Waals surface area contributed by atoms with Crippen molar-refractivity contribution >= 4 is 27.6 Å². The molecule has 1 aromatic rings. The number of hydrogen-bond donors (Lipinski definition) is 2. The SMILES string of the molecule is CC(O)CCN(C)C(=O)Nc1cc(Br)cn(C)c1=O. The fourth-order valence-corrected chi connectivity index (χ4v) is 1.99. The van der Waals surface area contributed by atoms with E-state index < -0.39 is 6.10 Å². The number of aliphatic hydroxyl groups is 1. The highest BCUT2D eigenvalue weighted by Crippen LogP contribution is 2.11. The standard InChI is InChI=1S/C12H18BrN3O3/c1-8(17)4-5-15(2)12(19)14-10-6-9(13)7-16(3)11(10)18/h6-8,17H,4-5H2,1-3H3,(H,14,19). The Morgan fingerprint density at radius 3 is 2.84 bits per heavy atom. The molecular formula is C12H18BrN3O3. The number of carbonyl (C=O) groups excluding carboxylic acids is 1. The molecule has 7 heteroatoms. The predicted octanol–water partition coefficient (Wildman–Crippen LogP) is 1.38. The third-order valence-corrected chi connectivity index (χ3v) is 3.05. The molecule has 0 spiro atoms. The van der Waals surface area contributed by atoms with E-state index in [1.165, 1.54) is 9.47 Å². The van der Waals surface area contributed by atoms with Crippen molar-refractivity contribution in [2.24, 2.45) is 7.05 Å². The van der Waals surface area contributed by atoms with Crippen LogP contribution in [-0.2, 0) is 7.05 Å². The second-order valence-corrected chi connectivity index (χ2v) is 5.39. The molecule has 106 valence electrons. The van der Waals surface area contributed by atoms with Crippen molar-refractivity contribution in [1.82, 2.24) is 9.47 Å². The van der Waals surface area contributed by atoms with Crippen LogP contribution in [0.15, 0.2) is 21.5 Å². The number of amides is 2. The Kier molecular flexibility index (Phi) is 5.56. The first kappa shape index (κ1) is 15.7. The molecule has 0 saturated carbocycles. The fourth-order valence-electron chi connectivity index (χ4n) is 1.45. The van der Waals surface area contributed by atoms with E-state index in [0.717, 1.165) is 0 Å². The van der Waals surface area contributed by atoms with Gasteiger partial charge in [-0.25, -0.2) is 4.79 Å². The number of halogens is 1. The van der Waals surface area contributed by atoms with Gasteiger partial charge in [0.25, 0.3) is 5.56 Å². The van der Waals surface area contributed by atoms with Crippen molar-refractivity contribution in [3.05, 3.63) is 27.1 Å². The molecule has 0 aliphatic rings. The fraction of sp³-hybridized carbons (Fsp3) is 0.500. The van der Waals surface area contributed by atoms with E-state index in [-0.39, 0.29) is 17.3 Å². The van der Waals surface area contributed by atoms with Crippen LogP contribution in [0.4, 0.5) is 10.5 Å². The van der Waals surface area contributed by atoms with Gasteiger partial charge < -0.3 is 19.9 Å². The minimum atomic E-state index is -0.464. The molecule has 2 amide bonds. The van der Waals surface area contributed by atoms with Gasteiger partial charge in [0, 0.05) is 31.3 Å². The van der Waals surface area contributed by atoms with Gasteiger partial charge in [-0.1, -0.05) is 0 Å². The van der Waals surface area contributed by atoms with Gasteiger partial charge in [0.1, 0.15) is 5.69 Å². The van der Waals surface area contributed by atoms with Gasteiger partial charge in [-0.15, -0.1) is 0 Å². The van der Waals surface area contributed by atoms with E-state index in [0.29, 0.717) is 17.4 Å². The molecule has 0 radical (unpaired) electrons. The second kappa shape index (κ2) is 6.72.